The predicted molar refractivity (Wildman–Crippen MR) is 62.8 cm³/mol. The molecule has 0 saturated carbocycles. The van der Waals surface area contributed by atoms with Gasteiger partial charge < -0.3 is 15.2 Å². The van der Waals surface area contributed by atoms with Crippen molar-refractivity contribution in [2.45, 2.75) is 20.3 Å². The largest absolute Gasteiger partial charge is 0.496 e. The Kier molecular flexibility index (Phi) is 4.31. The van der Waals surface area contributed by atoms with Crippen molar-refractivity contribution in [3.05, 3.63) is 23.3 Å². The summed E-state index contributed by atoms with van der Waals surface area (Å²) in [5.74, 6) is 0.645. The van der Waals surface area contributed by atoms with E-state index in [1.807, 2.05) is 26.0 Å². The number of rotatable bonds is 4. The molecule has 0 saturated heterocycles. The number of anilines is 1. The Balaban J connectivity index is 2.87. The maximum atomic E-state index is 11.3. The van der Waals surface area contributed by atoms with E-state index in [1.54, 1.807) is 7.11 Å². The predicted octanol–water partition coefficient (Wildman–Crippen LogP) is 1.63. The van der Waals surface area contributed by atoms with Crippen LogP contribution in [0.4, 0.5) is 5.69 Å². The Morgan fingerprint density at radius 1 is 1.38 bits per heavy atom. The molecule has 88 valence electrons. The number of ether oxygens (including phenoxy) is 1. The van der Waals surface area contributed by atoms with Crippen molar-refractivity contribution in [1.82, 2.24) is 0 Å². The fraction of sp³-hybridized carbons (Fsp3) is 0.417. The molecule has 0 radical (unpaired) electrons. The van der Waals surface area contributed by atoms with E-state index in [4.69, 9.17) is 9.84 Å². The van der Waals surface area contributed by atoms with Crippen LogP contribution in [0.5, 0.6) is 5.75 Å². The number of carbonyl (C=O) groups excluding carboxylic acids is 1. The minimum absolute atomic E-state index is 0.115. The molecule has 1 rings (SSSR count). The van der Waals surface area contributed by atoms with E-state index in [-0.39, 0.29) is 18.9 Å². The molecule has 4 heteroatoms. The van der Waals surface area contributed by atoms with Crippen molar-refractivity contribution in [2.75, 3.05) is 19.0 Å². The summed E-state index contributed by atoms with van der Waals surface area (Å²) in [6.07, 6.45) is 0.115. The van der Waals surface area contributed by atoms with E-state index in [0.29, 0.717) is 0 Å². The minimum atomic E-state index is -0.188. The van der Waals surface area contributed by atoms with Gasteiger partial charge in [0.05, 0.1) is 20.1 Å². The maximum Gasteiger partial charge on any atom is 0.226 e. The van der Waals surface area contributed by atoms with Crippen LogP contribution in [-0.4, -0.2) is 24.7 Å². The second-order valence-corrected chi connectivity index (χ2v) is 3.67. The molecule has 0 bridgehead atoms. The van der Waals surface area contributed by atoms with Gasteiger partial charge in [-0.05, 0) is 37.1 Å². The summed E-state index contributed by atoms with van der Waals surface area (Å²) >= 11 is 0. The zero-order valence-corrected chi connectivity index (χ0v) is 9.83. The summed E-state index contributed by atoms with van der Waals surface area (Å²) in [7, 11) is 1.62. The van der Waals surface area contributed by atoms with Gasteiger partial charge in [0.25, 0.3) is 0 Å². The molecule has 0 fully saturated rings. The number of aliphatic hydroxyl groups excluding tert-OH is 1. The Morgan fingerprint density at radius 2 is 1.94 bits per heavy atom. The van der Waals surface area contributed by atoms with Gasteiger partial charge in [-0.2, -0.15) is 0 Å². The standard InChI is InChI=1S/C12H17NO3/c1-8-6-10(13-11(15)4-5-14)7-9(2)12(8)16-3/h6-7,14H,4-5H2,1-3H3,(H,13,15). The monoisotopic (exact) mass is 223 g/mol. The van der Waals surface area contributed by atoms with Crippen molar-refractivity contribution >= 4 is 11.6 Å². The number of nitrogens with one attached hydrogen (secondary N) is 1. The normalized spacial score (nSPS) is 10.0. The molecule has 1 aromatic rings. The number of methoxy groups -OCH3 is 1. The average Bonchev–Trinajstić information content (AvgIpc) is 2.17. The van der Waals surface area contributed by atoms with Crippen LogP contribution >= 0.6 is 0 Å². The highest BCUT2D eigenvalue weighted by Gasteiger charge is 2.07. The van der Waals surface area contributed by atoms with Gasteiger partial charge in [0.2, 0.25) is 5.91 Å². The number of benzene rings is 1. The van der Waals surface area contributed by atoms with Crippen LogP contribution in [0.3, 0.4) is 0 Å². The highest BCUT2D eigenvalue weighted by atomic mass is 16.5. The van der Waals surface area contributed by atoms with Crippen LogP contribution < -0.4 is 10.1 Å². The molecule has 0 heterocycles. The minimum Gasteiger partial charge on any atom is -0.496 e. The molecule has 0 aromatic heterocycles. The van der Waals surface area contributed by atoms with Gasteiger partial charge in [-0.3, -0.25) is 4.79 Å². The van der Waals surface area contributed by atoms with E-state index in [1.165, 1.54) is 0 Å². The van der Waals surface area contributed by atoms with Gasteiger partial charge in [0, 0.05) is 5.69 Å². The van der Waals surface area contributed by atoms with Crippen LogP contribution in [0, 0.1) is 13.8 Å². The lowest BCUT2D eigenvalue weighted by molar-refractivity contribution is -0.116. The van der Waals surface area contributed by atoms with E-state index in [9.17, 15) is 4.79 Å². The first-order chi connectivity index (χ1) is 7.58. The fourth-order valence-electron chi connectivity index (χ4n) is 1.67. The van der Waals surface area contributed by atoms with Crippen molar-refractivity contribution in [3.8, 4) is 5.75 Å². The second-order valence-electron chi connectivity index (χ2n) is 3.67. The molecule has 4 nitrogen and oxygen atoms in total. The topological polar surface area (TPSA) is 58.6 Å². The lowest BCUT2D eigenvalue weighted by Crippen LogP contribution is -2.13. The fourth-order valence-corrected chi connectivity index (χ4v) is 1.67. The van der Waals surface area contributed by atoms with Gasteiger partial charge in [-0.25, -0.2) is 0 Å². The Labute approximate surface area is 95.2 Å². The number of hydrogen-bond donors (Lipinski definition) is 2. The van der Waals surface area contributed by atoms with Gasteiger partial charge in [0.1, 0.15) is 5.75 Å². The van der Waals surface area contributed by atoms with Crippen molar-refractivity contribution in [3.63, 3.8) is 0 Å². The summed E-state index contributed by atoms with van der Waals surface area (Å²) in [6, 6.07) is 3.70. The van der Waals surface area contributed by atoms with Crippen LogP contribution in [0.2, 0.25) is 0 Å². The third kappa shape index (κ3) is 2.97. The summed E-state index contributed by atoms with van der Waals surface area (Å²) in [6.45, 7) is 3.71. The summed E-state index contributed by atoms with van der Waals surface area (Å²) in [5, 5.41) is 11.3. The van der Waals surface area contributed by atoms with Crippen LogP contribution in [0.1, 0.15) is 17.5 Å². The maximum absolute atomic E-state index is 11.3. The lowest BCUT2D eigenvalue weighted by atomic mass is 10.1. The zero-order valence-electron chi connectivity index (χ0n) is 9.83. The zero-order chi connectivity index (χ0) is 12.1. The lowest BCUT2D eigenvalue weighted by Gasteiger charge is -2.11. The molecule has 1 amide bonds. The van der Waals surface area contributed by atoms with Gasteiger partial charge in [-0.15, -0.1) is 0 Å². The van der Waals surface area contributed by atoms with E-state index >= 15 is 0 Å². The van der Waals surface area contributed by atoms with E-state index in [2.05, 4.69) is 5.32 Å². The van der Waals surface area contributed by atoms with Crippen molar-refractivity contribution in [2.24, 2.45) is 0 Å². The molecule has 0 atom stereocenters. The van der Waals surface area contributed by atoms with Gasteiger partial charge >= 0.3 is 0 Å². The summed E-state index contributed by atoms with van der Waals surface area (Å²) in [5.41, 5.74) is 2.68. The quantitative estimate of drug-likeness (QED) is 0.815. The van der Waals surface area contributed by atoms with E-state index < -0.39 is 0 Å². The second kappa shape index (κ2) is 5.51. The van der Waals surface area contributed by atoms with Crippen molar-refractivity contribution < 1.29 is 14.6 Å². The number of carbonyl (C=O) groups is 1. The molecule has 0 aliphatic heterocycles. The molecular formula is C12H17NO3. The molecule has 1 aromatic carbocycles. The number of amides is 1. The average molecular weight is 223 g/mol. The molecule has 0 aliphatic carbocycles. The smallest absolute Gasteiger partial charge is 0.226 e. The van der Waals surface area contributed by atoms with Crippen LogP contribution in [-0.2, 0) is 4.79 Å². The molecule has 16 heavy (non-hydrogen) atoms. The number of aliphatic hydroxyl groups is 1. The Hall–Kier alpha value is -1.55. The first kappa shape index (κ1) is 12.5. The van der Waals surface area contributed by atoms with Gasteiger partial charge in [-0.1, -0.05) is 0 Å². The Bertz CT molecular complexity index is 365. The molecule has 0 unspecified atom stereocenters. The highest BCUT2D eigenvalue weighted by molar-refractivity contribution is 5.91. The first-order valence-electron chi connectivity index (χ1n) is 5.14. The first-order valence-corrected chi connectivity index (χ1v) is 5.14. The van der Waals surface area contributed by atoms with Crippen molar-refractivity contribution in [1.29, 1.82) is 0 Å². The number of hydrogen-bond acceptors (Lipinski definition) is 3. The van der Waals surface area contributed by atoms with Gasteiger partial charge in [0.15, 0.2) is 0 Å². The molecular weight excluding hydrogens is 206 g/mol. The summed E-state index contributed by atoms with van der Waals surface area (Å²) < 4.78 is 5.23. The third-order valence-electron chi connectivity index (χ3n) is 2.29. The van der Waals surface area contributed by atoms with Crippen LogP contribution in [0.25, 0.3) is 0 Å². The van der Waals surface area contributed by atoms with E-state index in [0.717, 1.165) is 22.6 Å². The summed E-state index contributed by atoms with van der Waals surface area (Å²) in [4.78, 5) is 11.3. The third-order valence-corrected chi connectivity index (χ3v) is 2.29. The molecule has 0 spiro atoms. The molecule has 2 N–H and O–H groups in total. The SMILES string of the molecule is COc1c(C)cc(NC(=O)CCO)cc1C. The highest BCUT2D eigenvalue weighted by Crippen LogP contribution is 2.26. The number of aryl methyl sites for hydroxylation is 2. The molecule has 0 aliphatic rings. The van der Waals surface area contributed by atoms with Crippen LogP contribution in [0.15, 0.2) is 12.1 Å². The Morgan fingerprint density at radius 3 is 2.38 bits per heavy atom.